The van der Waals surface area contributed by atoms with Crippen molar-refractivity contribution in [1.82, 2.24) is 4.98 Å². The largest absolute Gasteiger partial charge is 0.417 e. The third kappa shape index (κ3) is 6.11. The Balaban J connectivity index is 1.89. The summed E-state index contributed by atoms with van der Waals surface area (Å²) in [5.74, 6) is -0.581. The van der Waals surface area contributed by atoms with Crippen LogP contribution in [0.3, 0.4) is 0 Å². The number of hydrogen-bond acceptors (Lipinski definition) is 4. The fourth-order valence-corrected chi connectivity index (χ4v) is 2.49. The number of rotatable bonds is 5. The molecule has 0 saturated heterocycles. The van der Waals surface area contributed by atoms with Gasteiger partial charge in [0.1, 0.15) is 0 Å². The zero-order chi connectivity index (χ0) is 18.4. The lowest BCUT2D eigenvalue weighted by Gasteiger charge is -2.08. The van der Waals surface area contributed by atoms with E-state index >= 15 is 0 Å². The lowest BCUT2D eigenvalue weighted by molar-refractivity contribution is -0.137. The predicted octanol–water partition coefficient (Wildman–Crippen LogP) is 3.79. The molecule has 0 bridgehead atoms. The van der Waals surface area contributed by atoms with Crippen molar-refractivity contribution in [1.29, 1.82) is 0 Å². The molecule has 2 amide bonds. The van der Waals surface area contributed by atoms with Crippen LogP contribution in [0.25, 0.3) is 0 Å². The first-order valence-corrected chi connectivity index (χ1v) is 8.06. The summed E-state index contributed by atoms with van der Waals surface area (Å²) in [6, 6.07) is 8.75. The monoisotopic (exact) mass is 369 g/mol. The Morgan fingerprint density at radius 1 is 1.12 bits per heavy atom. The van der Waals surface area contributed by atoms with Gasteiger partial charge in [-0.1, -0.05) is 17.8 Å². The second-order valence-electron chi connectivity index (χ2n) is 4.98. The van der Waals surface area contributed by atoms with Crippen LogP contribution >= 0.6 is 11.8 Å². The number of pyridine rings is 1. The molecule has 0 aliphatic carbocycles. The number of halogens is 3. The number of nitrogens with zero attached hydrogens (tertiary/aromatic N) is 1. The molecule has 25 heavy (non-hydrogen) atoms. The number of amides is 2. The Morgan fingerprint density at radius 2 is 1.80 bits per heavy atom. The molecule has 5 nitrogen and oxygen atoms in total. The van der Waals surface area contributed by atoms with Crippen LogP contribution in [0.2, 0.25) is 0 Å². The van der Waals surface area contributed by atoms with E-state index in [1.165, 1.54) is 13.0 Å². The summed E-state index contributed by atoms with van der Waals surface area (Å²) < 4.78 is 37.4. The molecule has 1 aromatic carbocycles. The molecule has 0 unspecified atom stereocenters. The highest BCUT2D eigenvalue weighted by Crippen LogP contribution is 2.29. The lowest BCUT2D eigenvalue weighted by atomic mass is 10.2. The first kappa shape index (κ1) is 18.8. The van der Waals surface area contributed by atoms with E-state index in [1.807, 2.05) is 0 Å². The Kier molecular flexibility index (Phi) is 6.02. The maximum Gasteiger partial charge on any atom is 0.417 e. The van der Waals surface area contributed by atoms with Gasteiger partial charge in [0.2, 0.25) is 11.8 Å². The molecule has 0 fully saturated rings. The van der Waals surface area contributed by atoms with Crippen LogP contribution in [-0.2, 0) is 15.8 Å². The van der Waals surface area contributed by atoms with Crippen molar-refractivity contribution in [3.05, 3.63) is 48.2 Å². The second-order valence-corrected chi connectivity index (χ2v) is 5.98. The average molecular weight is 369 g/mol. The number of alkyl halides is 3. The summed E-state index contributed by atoms with van der Waals surface area (Å²) in [4.78, 5) is 26.6. The number of anilines is 2. The molecule has 0 aliphatic heterocycles. The van der Waals surface area contributed by atoms with Crippen LogP contribution in [0.1, 0.15) is 12.5 Å². The van der Waals surface area contributed by atoms with Crippen LogP contribution in [0.15, 0.2) is 47.6 Å². The van der Waals surface area contributed by atoms with Crippen molar-refractivity contribution in [3.63, 3.8) is 0 Å². The molecule has 0 spiro atoms. The minimum atomic E-state index is -4.44. The second kappa shape index (κ2) is 8.02. The predicted molar refractivity (Wildman–Crippen MR) is 89.3 cm³/mol. The van der Waals surface area contributed by atoms with Gasteiger partial charge in [0.05, 0.1) is 16.3 Å². The van der Waals surface area contributed by atoms with Gasteiger partial charge in [0, 0.05) is 24.5 Å². The molecule has 132 valence electrons. The van der Waals surface area contributed by atoms with Gasteiger partial charge in [-0.2, -0.15) is 13.2 Å². The van der Waals surface area contributed by atoms with E-state index in [-0.39, 0.29) is 17.6 Å². The first-order valence-electron chi connectivity index (χ1n) is 7.07. The molecule has 2 rings (SSSR count). The minimum Gasteiger partial charge on any atom is -0.326 e. The minimum absolute atomic E-state index is 0.0112. The molecule has 1 aromatic heterocycles. The third-order valence-electron chi connectivity index (χ3n) is 2.88. The van der Waals surface area contributed by atoms with Crippen LogP contribution in [0.5, 0.6) is 0 Å². The van der Waals surface area contributed by atoms with E-state index in [4.69, 9.17) is 0 Å². The van der Waals surface area contributed by atoms with Crippen molar-refractivity contribution < 1.29 is 22.8 Å². The zero-order valence-electron chi connectivity index (χ0n) is 13.1. The van der Waals surface area contributed by atoms with Crippen molar-refractivity contribution in [3.8, 4) is 0 Å². The van der Waals surface area contributed by atoms with E-state index < -0.39 is 11.7 Å². The Bertz CT molecular complexity index is 764. The summed E-state index contributed by atoms with van der Waals surface area (Å²) in [6.07, 6.45) is -3.70. The standard InChI is InChI=1S/C16H14F3N3O2S/c1-10(23)21-12-3-2-4-13(7-12)22-14(24)9-25-15-6-5-11(8-20-15)16(17,18)19/h2-8H,9H2,1H3,(H,21,23)(H,22,24). The van der Waals surface area contributed by atoms with E-state index in [9.17, 15) is 22.8 Å². The summed E-state index contributed by atoms with van der Waals surface area (Å²) in [7, 11) is 0. The molecule has 1 heterocycles. The number of hydrogen-bond donors (Lipinski definition) is 2. The van der Waals surface area contributed by atoms with E-state index in [0.29, 0.717) is 16.4 Å². The molecular weight excluding hydrogens is 355 g/mol. The molecule has 2 aromatic rings. The summed E-state index contributed by atoms with van der Waals surface area (Å²) in [5.41, 5.74) is 0.204. The SMILES string of the molecule is CC(=O)Nc1cccc(NC(=O)CSc2ccc(C(F)(F)F)cn2)c1. The molecule has 0 radical (unpaired) electrons. The van der Waals surface area contributed by atoms with Crippen LogP contribution < -0.4 is 10.6 Å². The van der Waals surface area contributed by atoms with E-state index in [0.717, 1.165) is 24.0 Å². The molecule has 0 saturated carbocycles. The third-order valence-corrected chi connectivity index (χ3v) is 3.83. The molecule has 9 heteroatoms. The van der Waals surface area contributed by atoms with Gasteiger partial charge in [0.15, 0.2) is 0 Å². The summed E-state index contributed by atoms with van der Waals surface area (Å²) in [5, 5.41) is 5.55. The van der Waals surface area contributed by atoms with Gasteiger partial charge < -0.3 is 10.6 Å². The van der Waals surface area contributed by atoms with E-state index in [1.54, 1.807) is 24.3 Å². The topological polar surface area (TPSA) is 71.1 Å². The van der Waals surface area contributed by atoms with Gasteiger partial charge in [0.25, 0.3) is 0 Å². The number of carbonyl (C=O) groups excluding carboxylic acids is 2. The Morgan fingerprint density at radius 3 is 2.36 bits per heavy atom. The van der Waals surface area contributed by atoms with Crippen molar-refractivity contribution >= 4 is 35.0 Å². The maximum atomic E-state index is 12.5. The van der Waals surface area contributed by atoms with Crippen molar-refractivity contribution in [2.75, 3.05) is 16.4 Å². The maximum absolute atomic E-state index is 12.5. The van der Waals surface area contributed by atoms with Gasteiger partial charge in [-0.3, -0.25) is 9.59 Å². The average Bonchev–Trinajstić information content (AvgIpc) is 2.52. The highest BCUT2D eigenvalue weighted by molar-refractivity contribution is 7.99. The first-order chi connectivity index (χ1) is 11.7. The molecule has 0 atom stereocenters. The van der Waals surface area contributed by atoms with Crippen LogP contribution in [0.4, 0.5) is 24.5 Å². The summed E-state index contributed by atoms with van der Waals surface area (Å²) in [6.45, 7) is 1.37. The fraction of sp³-hybridized carbons (Fsp3) is 0.188. The van der Waals surface area contributed by atoms with Gasteiger partial charge >= 0.3 is 6.18 Å². The normalized spacial score (nSPS) is 11.0. The zero-order valence-corrected chi connectivity index (χ0v) is 13.9. The van der Waals surface area contributed by atoms with Crippen molar-refractivity contribution in [2.45, 2.75) is 18.1 Å². The quantitative estimate of drug-likeness (QED) is 0.787. The van der Waals surface area contributed by atoms with Gasteiger partial charge in [-0.25, -0.2) is 4.98 Å². The van der Waals surface area contributed by atoms with E-state index in [2.05, 4.69) is 15.6 Å². The molecule has 2 N–H and O–H groups in total. The Labute approximate surface area is 146 Å². The van der Waals surface area contributed by atoms with Crippen molar-refractivity contribution in [2.24, 2.45) is 0 Å². The van der Waals surface area contributed by atoms with Gasteiger partial charge in [-0.05, 0) is 30.3 Å². The van der Waals surface area contributed by atoms with Crippen LogP contribution in [-0.4, -0.2) is 22.6 Å². The number of thioether (sulfide) groups is 1. The number of nitrogens with one attached hydrogen (secondary N) is 2. The highest BCUT2D eigenvalue weighted by atomic mass is 32.2. The summed E-state index contributed by atoms with van der Waals surface area (Å²) >= 11 is 1.02. The fourth-order valence-electron chi connectivity index (χ4n) is 1.85. The van der Waals surface area contributed by atoms with Crippen LogP contribution in [0, 0.1) is 0 Å². The molecular formula is C16H14F3N3O2S. The smallest absolute Gasteiger partial charge is 0.326 e. The van der Waals surface area contributed by atoms with Gasteiger partial charge in [-0.15, -0.1) is 0 Å². The number of carbonyl (C=O) groups is 2. The lowest BCUT2D eigenvalue weighted by Crippen LogP contribution is -2.14. The number of aromatic nitrogens is 1. The number of benzene rings is 1. The molecule has 0 aliphatic rings. The Hall–Kier alpha value is -2.55. The highest BCUT2D eigenvalue weighted by Gasteiger charge is 2.30.